The SMILES string of the molecule is NC1(c2c(F)c(F)c(F)c(F)c2F)CC(F)(F)C1. The van der Waals surface area contributed by atoms with Crippen molar-refractivity contribution in [2.24, 2.45) is 5.73 Å². The Kier molecular flexibility index (Phi) is 2.62. The maximum atomic E-state index is 13.3. The predicted octanol–water partition coefficient (Wildman–Crippen LogP) is 2.97. The van der Waals surface area contributed by atoms with E-state index in [-0.39, 0.29) is 0 Å². The highest BCUT2D eigenvalue weighted by molar-refractivity contribution is 5.34. The molecule has 0 atom stereocenters. The van der Waals surface area contributed by atoms with Crippen molar-refractivity contribution in [3.8, 4) is 0 Å². The minimum atomic E-state index is -3.27. The Balaban J connectivity index is 2.60. The Labute approximate surface area is 96.4 Å². The molecule has 1 fully saturated rings. The van der Waals surface area contributed by atoms with Gasteiger partial charge in [-0.25, -0.2) is 30.7 Å². The molecule has 0 radical (unpaired) electrons. The van der Waals surface area contributed by atoms with Crippen molar-refractivity contribution in [3.05, 3.63) is 34.6 Å². The Morgan fingerprint density at radius 2 is 1.06 bits per heavy atom. The number of alkyl halides is 2. The molecule has 0 unspecified atom stereocenters. The lowest BCUT2D eigenvalue weighted by molar-refractivity contribution is -0.127. The van der Waals surface area contributed by atoms with Gasteiger partial charge >= 0.3 is 0 Å². The first kappa shape index (κ1) is 13.1. The topological polar surface area (TPSA) is 26.0 Å². The van der Waals surface area contributed by atoms with E-state index in [1.807, 2.05) is 0 Å². The molecule has 1 nitrogen and oxygen atoms in total. The molecule has 0 spiro atoms. The fraction of sp³-hybridized carbons (Fsp3) is 0.400. The van der Waals surface area contributed by atoms with E-state index in [2.05, 4.69) is 0 Å². The third kappa shape index (κ3) is 1.66. The molecule has 0 saturated heterocycles. The molecule has 1 saturated carbocycles. The summed E-state index contributed by atoms with van der Waals surface area (Å²) >= 11 is 0. The van der Waals surface area contributed by atoms with Gasteiger partial charge in [0.15, 0.2) is 23.3 Å². The zero-order valence-corrected chi connectivity index (χ0v) is 8.64. The van der Waals surface area contributed by atoms with Crippen molar-refractivity contribution in [2.75, 3.05) is 0 Å². The van der Waals surface area contributed by atoms with E-state index in [9.17, 15) is 30.7 Å². The molecule has 1 aromatic rings. The van der Waals surface area contributed by atoms with Crippen LogP contribution in [0, 0.1) is 29.1 Å². The maximum absolute atomic E-state index is 13.3. The van der Waals surface area contributed by atoms with Gasteiger partial charge in [-0.2, -0.15) is 0 Å². The van der Waals surface area contributed by atoms with Gasteiger partial charge in [0.25, 0.3) is 5.92 Å². The van der Waals surface area contributed by atoms with Gasteiger partial charge in [-0.1, -0.05) is 0 Å². The van der Waals surface area contributed by atoms with Crippen LogP contribution in [0.15, 0.2) is 0 Å². The minimum Gasteiger partial charge on any atom is -0.321 e. The highest BCUT2D eigenvalue weighted by atomic mass is 19.3. The van der Waals surface area contributed by atoms with E-state index >= 15 is 0 Å². The molecular formula is C10H6F7N. The zero-order chi connectivity index (χ0) is 13.9. The molecule has 1 aliphatic carbocycles. The number of hydrogen-bond acceptors (Lipinski definition) is 1. The van der Waals surface area contributed by atoms with Crippen LogP contribution in [0.4, 0.5) is 30.7 Å². The quantitative estimate of drug-likeness (QED) is 0.475. The van der Waals surface area contributed by atoms with Crippen LogP contribution in [0.5, 0.6) is 0 Å². The summed E-state index contributed by atoms with van der Waals surface area (Å²) in [5.74, 6) is -14.3. The second-order valence-electron chi connectivity index (χ2n) is 4.31. The van der Waals surface area contributed by atoms with Gasteiger partial charge in [0.05, 0.1) is 11.1 Å². The van der Waals surface area contributed by atoms with Gasteiger partial charge in [-0.05, 0) is 0 Å². The molecule has 0 heterocycles. The summed E-state index contributed by atoms with van der Waals surface area (Å²) in [4.78, 5) is 0. The highest BCUT2D eigenvalue weighted by Crippen LogP contribution is 2.51. The molecule has 0 bridgehead atoms. The van der Waals surface area contributed by atoms with Gasteiger partial charge < -0.3 is 5.73 Å². The predicted molar refractivity (Wildman–Crippen MR) is 46.3 cm³/mol. The van der Waals surface area contributed by atoms with Gasteiger partial charge in [0.1, 0.15) is 0 Å². The highest BCUT2D eigenvalue weighted by Gasteiger charge is 2.58. The average molecular weight is 273 g/mol. The average Bonchev–Trinajstić information content (AvgIpc) is 2.21. The summed E-state index contributed by atoms with van der Waals surface area (Å²) in [6.07, 6.45) is -2.34. The molecule has 0 aromatic heterocycles. The number of halogens is 7. The van der Waals surface area contributed by atoms with Crippen molar-refractivity contribution in [3.63, 3.8) is 0 Å². The van der Waals surface area contributed by atoms with Crippen molar-refractivity contribution in [2.45, 2.75) is 24.3 Å². The fourth-order valence-corrected chi connectivity index (χ4v) is 2.09. The Morgan fingerprint density at radius 3 is 1.39 bits per heavy atom. The third-order valence-electron chi connectivity index (χ3n) is 2.86. The Morgan fingerprint density at radius 1 is 0.722 bits per heavy atom. The lowest BCUT2D eigenvalue weighted by Crippen LogP contribution is -2.56. The molecule has 1 aromatic carbocycles. The molecule has 8 heteroatoms. The van der Waals surface area contributed by atoms with Crippen LogP contribution < -0.4 is 5.73 Å². The van der Waals surface area contributed by atoms with Gasteiger partial charge in [-0.3, -0.25) is 0 Å². The lowest BCUT2D eigenvalue weighted by atomic mass is 9.69. The van der Waals surface area contributed by atoms with Gasteiger partial charge in [0, 0.05) is 12.8 Å². The maximum Gasteiger partial charge on any atom is 0.252 e. The number of benzene rings is 1. The molecule has 1 aliphatic rings. The summed E-state index contributed by atoms with van der Waals surface area (Å²) in [7, 11) is 0. The van der Waals surface area contributed by atoms with Crippen LogP contribution in [0.1, 0.15) is 18.4 Å². The summed E-state index contributed by atoms with van der Waals surface area (Å²) in [6, 6.07) is 0. The monoisotopic (exact) mass is 273 g/mol. The molecule has 100 valence electrons. The van der Waals surface area contributed by atoms with E-state index in [0.717, 1.165) is 0 Å². The van der Waals surface area contributed by atoms with Crippen molar-refractivity contribution >= 4 is 0 Å². The van der Waals surface area contributed by atoms with Crippen molar-refractivity contribution < 1.29 is 30.7 Å². The second kappa shape index (κ2) is 3.59. The van der Waals surface area contributed by atoms with E-state index in [1.54, 1.807) is 0 Å². The molecule has 18 heavy (non-hydrogen) atoms. The van der Waals surface area contributed by atoms with Crippen LogP contribution in [-0.4, -0.2) is 5.92 Å². The third-order valence-corrected chi connectivity index (χ3v) is 2.86. The molecular weight excluding hydrogens is 267 g/mol. The minimum absolute atomic E-state index is 1.17. The second-order valence-corrected chi connectivity index (χ2v) is 4.31. The largest absolute Gasteiger partial charge is 0.321 e. The molecule has 0 amide bonds. The van der Waals surface area contributed by atoms with Gasteiger partial charge in [-0.15, -0.1) is 0 Å². The van der Waals surface area contributed by atoms with Crippen LogP contribution in [-0.2, 0) is 5.54 Å². The standard InChI is InChI=1S/C10H6F7N/c11-4-3(9(18)1-10(16,17)2-9)5(12)7(14)8(15)6(4)13/h1-2,18H2. The number of rotatable bonds is 1. The van der Waals surface area contributed by atoms with Crippen LogP contribution >= 0.6 is 0 Å². The van der Waals surface area contributed by atoms with Crippen molar-refractivity contribution in [1.29, 1.82) is 0 Å². The van der Waals surface area contributed by atoms with E-state index in [4.69, 9.17) is 5.73 Å². The smallest absolute Gasteiger partial charge is 0.252 e. The summed E-state index contributed by atoms with van der Waals surface area (Å²) < 4.78 is 90.5. The first-order chi connectivity index (χ1) is 8.09. The zero-order valence-electron chi connectivity index (χ0n) is 8.64. The molecule has 2 rings (SSSR count). The number of hydrogen-bond donors (Lipinski definition) is 1. The lowest BCUT2D eigenvalue weighted by Gasteiger charge is -2.44. The summed E-state index contributed by atoms with van der Waals surface area (Å²) in [5.41, 5.74) is 1.65. The summed E-state index contributed by atoms with van der Waals surface area (Å²) in [5, 5.41) is 0. The summed E-state index contributed by atoms with van der Waals surface area (Å²) in [6.45, 7) is 0. The van der Waals surface area contributed by atoms with E-state index in [0.29, 0.717) is 0 Å². The molecule has 2 N–H and O–H groups in total. The molecule has 0 aliphatic heterocycles. The van der Waals surface area contributed by atoms with Crippen LogP contribution in [0.3, 0.4) is 0 Å². The number of nitrogens with two attached hydrogens (primary N) is 1. The fourth-order valence-electron chi connectivity index (χ4n) is 2.09. The van der Waals surface area contributed by atoms with Gasteiger partial charge in [0.2, 0.25) is 5.82 Å². The Bertz CT molecular complexity index is 488. The van der Waals surface area contributed by atoms with Crippen LogP contribution in [0.25, 0.3) is 0 Å². The Hall–Kier alpha value is -1.31. The normalized spacial score (nSPS) is 20.7. The first-order valence-electron chi connectivity index (χ1n) is 4.78. The van der Waals surface area contributed by atoms with Crippen LogP contribution in [0.2, 0.25) is 0 Å². The van der Waals surface area contributed by atoms with E-state index in [1.165, 1.54) is 0 Å². The van der Waals surface area contributed by atoms with Crippen molar-refractivity contribution in [1.82, 2.24) is 0 Å². The van der Waals surface area contributed by atoms with E-state index < -0.39 is 59.0 Å². The first-order valence-corrected chi connectivity index (χ1v) is 4.78.